The lowest BCUT2D eigenvalue weighted by Crippen LogP contribution is -2.52. The van der Waals surface area contributed by atoms with E-state index in [1.54, 1.807) is 7.11 Å². The summed E-state index contributed by atoms with van der Waals surface area (Å²) in [5.41, 5.74) is 3.41. The number of aryl methyl sites for hydroxylation is 1. The van der Waals surface area contributed by atoms with Crippen LogP contribution in [0.2, 0.25) is 0 Å². The third-order valence-electron chi connectivity index (χ3n) is 5.24. The summed E-state index contributed by atoms with van der Waals surface area (Å²) in [5.74, 6) is 1.68. The molecule has 2 aromatic rings. The third kappa shape index (κ3) is 4.35. The lowest BCUT2D eigenvalue weighted by atomic mass is 10.1. The van der Waals surface area contributed by atoms with Gasteiger partial charge in [-0.2, -0.15) is 0 Å². The molecular weight excluding hydrogens is 340 g/mol. The molecule has 1 unspecified atom stereocenters. The molecule has 0 bridgehead atoms. The SMILES string of the molecule is COc1ccc(N2CCN(C(=O)C(C)Oc3cccc(C)c3C)CC2)cc1. The van der Waals surface area contributed by atoms with Crippen LogP contribution in [0.3, 0.4) is 0 Å². The number of piperazine rings is 1. The number of amides is 1. The van der Waals surface area contributed by atoms with Gasteiger partial charge in [-0.15, -0.1) is 0 Å². The third-order valence-corrected chi connectivity index (χ3v) is 5.24. The summed E-state index contributed by atoms with van der Waals surface area (Å²) in [6.45, 7) is 8.93. The van der Waals surface area contributed by atoms with E-state index in [2.05, 4.69) is 17.0 Å². The van der Waals surface area contributed by atoms with Crippen LogP contribution in [0.15, 0.2) is 42.5 Å². The fourth-order valence-electron chi connectivity index (χ4n) is 3.33. The second-order valence-corrected chi connectivity index (χ2v) is 6.97. The summed E-state index contributed by atoms with van der Waals surface area (Å²) in [6, 6.07) is 14.0. The van der Waals surface area contributed by atoms with Gasteiger partial charge < -0.3 is 19.3 Å². The van der Waals surface area contributed by atoms with Gasteiger partial charge in [0.15, 0.2) is 6.10 Å². The number of hydrogen-bond acceptors (Lipinski definition) is 4. The molecule has 1 atom stereocenters. The first-order chi connectivity index (χ1) is 13.0. The van der Waals surface area contributed by atoms with Gasteiger partial charge in [0.05, 0.1) is 7.11 Å². The van der Waals surface area contributed by atoms with Gasteiger partial charge in [0, 0.05) is 31.9 Å². The highest BCUT2D eigenvalue weighted by Gasteiger charge is 2.26. The number of anilines is 1. The van der Waals surface area contributed by atoms with Crippen molar-refractivity contribution in [2.45, 2.75) is 26.9 Å². The van der Waals surface area contributed by atoms with E-state index >= 15 is 0 Å². The molecule has 0 saturated carbocycles. The molecule has 144 valence electrons. The zero-order valence-electron chi connectivity index (χ0n) is 16.6. The first-order valence-corrected chi connectivity index (χ1v) is 9.40. The monoisotopic (exact) mass is 368 g/mol. The Kier molecular flexibility index (Phi) is 5.89. The Balaban J connectivity index is 1.56. The van der Waals surface area contributed by atoms with E-state index in [0.29, 0.717) is 13.1 Å². The van der Waals surface area contributed by atoms with Crippen LogP contribution >= 0.6 is 0 Å². The Bertz CT molecular complexity index is 781. The summed E-state index contributed by atoms with van der Waals surface area (Å²) in [5, 5.41) is 0. The molecule has 1 aliphatic heterocycles. The quantitative estimate of drug-likeness (QED) is 0.811. The molecule has 1 amide bonds. The molecule has 0 spiro atoms. The summed E-state index contributed by atoms with van der Waals surface area (Å²) >= 11 is 0. The van der Waals surface area contributed by atoms with E-state index in [-0.39, 0.29) is 5.91 Å². The lowest BCUT2D eigenvalue weighted by molar-refractivity contribution is -0.138. The van der Waals surface area contributed by atoms with Crippen LogP contribution in [0.4, 0.5) is 5.69 Å². The van der Waals surface area contributed by atoms with E-state index in [1.165, 1.54) is 5.56 Å². The number of carbonyl (C=O) groups is 1. The molecule has 0 aromatic heterocycles. The summed E-state index contributed by atoms with van der Waals surface area (Å²) in [6.07, 6.45) is -0.488. The largest absolute Gasteiger partial charge is 0.497 e. The molecule has 3 rings (SSSR count). The van der Waals surface area contributed by atoms with Gasteiger partial charge in [0.25, 0.3) is 5.91 Å². The number of carbonyl (C=O) groups excluding carboxylic acids is 1. The van der Waals surface area contributed by atoms with Crippen molar-refractivity contribution in [1.82, 2.24) is 4.90 Å². The highest BCUT2D eigenvalue weighted by molar-refractivity contribution is 5.81. The first kappa shape index (κ1) is 19.1. The van der Waals surface area contributed by atoms with Crippen molar-refractivity contribution in [2.75, 3.05) is 38.2 Å². The van der Waals surface area contributed by atoms with E-state index in [9.17, 15) is 4.79 Å². The zero-order chi connectivity index (χ0) is 19.4. The molecule has 2 aromatic carbocycles. The number of ether oxygens (including phenoxy) is 2. The van der Waals surface area contributed by atoms with Crippen molar-refractivity contribution in [3.63, 3.8) is 0 Å². The van der Waals surface area contributed by atoms with Crippen LogP contribution in [0.1, 0.15) is 18.1 Å². The minimum atomic E-state index is -0.488. The molecular formula is C22H28N2O3. The fraction of sp³-hybridized carbons (Fsp3) is 0.409. The normalized spacial score (nSPS) is 15.4. The van der Waals surface area contributed by atoms with Gasteiger partial charge >= 0.3 is 0 Å². The molecule has 27 heavy (non-hydrogen) atoms. The van der Waals surface area contributed by atoms with Crippen molar-refractivity contribution in [3.05, 3.63) is 53.6 Å². The Labute approximate surface area is 161 Å². The van der Waals surface area contributed by atoms with Crippen molar-refractivity contribution < 1.29 is 14.3 Å². The van der Waals surface area contributed by atoms with Crippen molar-refractivity contribution in [1.29, 1.82) is 0 Å². The smallest absolute Gasteiger partial charge is 0.263 e. The summed E-state index contributed by atoms with van der Waals surface area (Å²) in [7, 11) is 1.67. The second kappa shape index (κ2) is 8.33. The number of nitrogens with zero attached hydrogens (tertiary/aromatic N) is 2. The number of benzene rings is 2. The van der Waals surface area contributed by atoms with Gasteiger partial charge in [0.1, 0.15) is 11.5 Å². The second-order valence-electron chi connectivity index (χ2n) is 6.97. The van der Waals surface area contributed by atoms with Crippen LogP contribution in [-0.4, -0.2) is 50.2 Å². The van der Waals surface area contributed by atoms with Crippen LogP contribution in [-0.2, 0) is 4.79 Å². The van der Waals surface area contributed by atoms with Crippen LogP contribution in [0.25, 0.3) is 0 Å². The predicted molar refractivity (Wildman–Crippen MR) is 108 cm³/mol. The number of methoxy groups -OCH3 is 1. The topological polar surface area (TPSA) is 42.0 Å². The van der Waals surface area contributed by atoms with Gasteiger partial charge in [-0.05, 0) is 62.2 Å². The van der Waals surface area contributed by atoms with E-state index in [4.69, 9.17) is 9.47 Å². The average molecular weight is 368 g/mol. The van der Waals surface area contributed by atoms with Gasteiger partial charge in [0.2, 0.25) is 0 Å². The van der Waals surface area contributed by atoms with Gasteiger partial charge in [-0.25, -0.2) is 0 Å². The maximum Gasteiger partial charge on any atom is 0.263 e. The zero-order valence-corrected chi connectivity index (χ0v) is 16.6. The average Bonchev–Trinajstić information content (AvgIpc) is 2.71. The van der Waals surface area contributed by atoms with E-state index in [0.717, 1.165) is 35.8 Å². The van der Waals surface area contributed by atoms with Gasteiger partial charge in [-0.3, -0.25) is 4.79 Å². The molecule has 0 N–H and O–H groups in total. The van der Waals surface area contributed by atoms with Crippen LogP contribution in [0.5, 0.6) is 11.5 Å². The molecule has 0 aliphatic carbocycles. The predicted octanol–water partition coefficient (Wildman–Crippen LogP) is 3.43. The summed E-state index contributed by atoms with van der Waals surface area (Å²) < 4.78 is 11.2. The Morgan fingerprint density at radius 1 is 1.00 bits per heavy atom. The maximum atomic E-state index is 12.8. The van der Waals surface area contributed by atoms with E-state index in [1.807, 2.05) is 56.0 Å². The van der Waals surface area contributed by atoms with Crippen LogP contribution < -0.4 is 14.4 Å². The number of rotatable bonds is 5. The van der Waals surface area contributed by atoms with Gasteiger partial charge in [-0.1, -0.05) is 12.1 Å². The molecule has 0 radical (unpaired) electrons. The Hall–Kier alpha value is -2.69. The molecule has 5 nitrogen and oxygen atoms in total. The molecule has 1 heterocycles. The lowest BCUT2D eigenvalue weighted by Gasteiger charge is -2.37. The van der Waals surface area contributed by atoms with E-state index < -0.39 is 6.10 Å². The maximum absolute atomic E-state index is 12.8. The standard InChI is InChI=1S/C22H28N2O3/c1-16-6-5-7-21(17(16)2)27-18(3)22(25)24-14-12-23(13-15-24)19-8-10-20(26-4)11-9-19/h5-11,18H,12-15H2,1-4H3. The Morgan fingerprint density at radius 2 is 1.67 bits per heavy atom. The number of hydrogen-bond donors (Lipinski definition) is 0. The first-order valence-electron chi connectivity index (χ1n) is 9.40. The minimum Gasteiger partial charge on any atom is -0.497 e. The summed E-state index contributed by atoms with van der Waals surface area (Å²) in [4.78, 5) is 17.0. The highest BCUT2D eigenvalue weighted by atomic mass is 16.5. The molecule has 1 fully saturated rings. The fourth-order valence-corrected chi connectivity index (χ4v) is 3.33. The molecule has 5 heteroatoms. The highest BCUT2D eigenvalue weighted by Crippen LogP contribution is 2.23. The Morgan fingerprint density at radius 3 is 2.30 bits per heavy atom. The van der Waals surface area contributed by atoms with Crippen molar-refractivity contribution in [2.24, 2.45) is 0 Å². The van der Waals surface area contributed by atoms with Crippen molar-refractivity contribution in [3.8, 4) is 11.5 Å². The molecule has 1 saturated heterocycles. The van der Waals surface area contributed by atoms with Crippen LogP contribution in [0, 0.1) is 13.8 Å². The van der Waals surface area contributed by atoms with Crippen molar-refractivity contribution >= 4 is 11.6 Å². The molecule has 1 aliphatic rings. The minimum absolute atomic E-state index is 0.0466.